The predicted molar refractivity (Wildman–Crippen MR) is 54.4 cm³/mol. The lowest BCUT2D eigenvalue weighted by Crippen LogP contribution is -1.96. The van der Waals surface area contributed by atoms with Crippen molar-refractivity contribution >= 4 is 8.03 Å². The third-order valence-corrected chi connectivity index (χ3v) is 3.36. The van der Waals surface area contributed by atoms with E-state index in [4.69, 9.17) is 4.52 Å². The summed E-state index contributed by atoms with van der Waals surface area (Å²) in [5.74, 6) is 0.684. The molecule has 1 aromatic carbocycles. The summed E-state index contributed by atoms with van der Waals surface area (Å²) in [6.07, 6.45) is 0.877. The Labute approximate surface area is 79.8 Å². The van der Waals surface area contributed by atoms with E-state index in [1.165, 1.54) is 0 Å². The molecule has 2 nitrogen and oxygen atoms in total. The Hall–Kier alpha value is -0.880. The molecule has 0 radical (unpaired) electrons. The largest absolute Gasteiger partial charge is 0.558 e. The molecule has 13 heavy (non-hydrogen) atoms. The van der Waals surface area contributed by atoms with Gasteiger partial charge in [-0.3, -0.25) is 4.52 Å². The molecule has 2 unspecified atom stereocenters. The third kappa shape index (κ3) is 3.16. The van der Waals surface area contributed by atoms with Gasteiger partial charge in [-0.15, -0.1) is 0 Å². The molecule has 1 aromatic rings. The van der Waals surface area contributed by atoms with Crippen LogP contribution >= 0.6 is 8.03 Å². The predicted octanol–water partition coefficient (Wildman–Crippen LogP) is 3.61. The number of hydrogen-bond acceptors (Lipinski definition) is 2. The first-order valence-corrected chi connectivity index (χ1v) is 5.68. The smallest absolute Gasteiger partial charge is 0.254 e. The molecule has 0 saturated carbocycles. The average Bonchev–Trinajstić information content (AvgIpc) is 2.18. The second kappa shape index (κ2) is 4.98. The molecule has 0 aliphatic rings. The first kappa shape index (κ1) is 10.2. The Bertz CT molecular complexity index is 272. The van der Waals surface area contributed by atoms with Crippen LogP contribution in [-0.4, -0.2) is 5.66 Å². The molecule has 0 amide bonds. The van der Waals surface area contributed by atoms with Crippen LogP contribution in [0.25, 0.3) is 0 Å². The van der Waals surface area contributed by atoms with Crippen molar-refractivity contribution in [3.05, 3.63) is 30.3 Å². The molecular formula is C10H14O2P+. The fraction of sp³-hybridized carbons (Fsp3) is 0.400. The molecule has 0 N–H and O–H groups in total. The zero-order valence-electron chi connectivity index (χ0n) is 7.93. The van der Waals surface area contributed by atoms with Crippen LogP contribution in [0, 0.1) is 0 Å². The Morgan fingerprint density at radius 3 is 2.54 bits per heavy atom. The molecule has 70 valence electrons. The Balaban J connectivity index is 2.55. The summed E-state index contributed by atoms with van der Waals surface area (Å²) >= 11 is 0. The van der Waals surface area contributed by atoms with Gasteiger partial charge < -0.3 is 0 Å². The molecule has 2 atom stereocenters. The Kier molecular flexibility index (Phi) is 3.91. The lowest BCUT2D eigenvalue weighted by Gasteiger charge is -1.95. The lowest BCUT2D eigenvalue weighted by atomic mass is 10.3. The van der Waals surface area contributed by atoms with Gasteiger partial charge in [0.25, 0.3) is 0 Å². The SMILES string of the molecule is CCC(C)[P+](=O)Oc1ccccc1. The highest BCUT2D eigenvalue weighted by molar-refractivity contribution is 7.40. The van der Waals surface area contributed by atoms with Crippen LogP contribution in [0.5, 0.6) is 5.75 Å². The molecule has 0 fully saturated rings. The minimum absolute atomic E-state index is 0.121. The van der Waals surface area contributed by atoms with Crippen molar-refractivity contribution in [1.29, 1.82) is 0 Å². The van der Waals surface area contributed by atoms with Crippen LogP contribution in [0.15, 0.2) is 30.3 Å². The van der Waals surface area contributed by atoms with Crippen molar-refractivity contribution in [2.75, 3.05) is 0 Å². The number of rotatable bonds is 4. The molecule has 0 saturated heterocycles. The second-order valence-corrected chi connectivity index (χ2v) is 4.58. The van der Waals surface area contributed by atoms with E-state index < -0.39 is 8.03 Å². The first-order valence-electron chi connectivity index (χ1n) is 4.43. The number of hydrogen-bond donors (Lipinski definition) is 0. The minimum Gasteiger partial charge on any atom is -0.254 e. The van der Waals surface area contributed by atoms with Crippen LogP contribution < -0.4 is 4.52 Å². The zero-order valence-corrected chi connectivity index (χ0v) is 8.83. The van der Waals surface area contributed by atoms with Crippen LogP contribution in [0.1, 0.15) is 20.3 Å². The highest BCUT2D eigenvalue weighted by Crippen LogP contribution is 2.32. The maximum absolute atomic E-state index is 11.5. The second-order valence-electron chi connectivity index (χ2n) is 2.95. The molecule has 1 rings (SSSR count). The number of benzene rings is 1. The van der Waals surface area contributed by atoms with E-state index in [2.05, 4.69) is 0 Å². The van der Waals surface area contributed by atoms with Gasteiger partial charge in [-0.1, -0.05) is 25.1 Å². The van der Waals surface area contributed by atoms with Gasteiger partial charge in [0, 0.05) is 0 Å². The van der Waals surface area contributed by atoms with Crippen molar-refractivity contribution in [3.63, 3.8) is 0 Å². The van der Waals surface area contributed by atoms with Crippen LogP contribution in [0.3, 0.4) is 0 Å². The molecule has 0 aliphatic carbocycles. The summed E-state index contributed by atoms with van der Waals surface area (Å²) in [6.45, 7) is 3.94. The highest BCUT2D eigenvalue weighted by Gasteiger charge is 2.27. The fourth-order valence-corrected chi connectivity index (χ4v) is 1.63. The van der Waals surface area contributed by atoms with E-state index in [9.17, 15) is 4.57 Å². The van der Waals surface area contributed by atoms with E-state index in [1.54, 1.807) is 0 Å². The summed E-state index contributed by atoms with van der Waals surface area (Å²) in [5.41, 5.74) is 0.121. The molecule has 0 heterocycles. The number of para-hydroxylation sites is 1. The van der Waals surface area contributed by atoms with Crippen molar-refractivity contribution in [3.8, 4) is 5.75 Å². The van der Waals surface area contributed by atoms with E-state index in [1.807, 2.05) is 44.2 Å². The summed E-state index contributed by atoms with van der Waals surface area (Å²) in [5, 5.41) is 0. The van der Waals surface area contributed by atoms with Crippen molar-refractivity contribution in [1.82, 2.24) is 0 Å². The van der Waals surface area contributed by atoms with Gasteiger partial charge in [0.15, 0.2) is 11.4 Å². The molecule has 0 bridgehead atoms. The van der Waals surface area contributed by atoms with E-state index in [-0.39, 0.29) is 5.66 Å². The van der Waals surface area contributed by atoms with Gasteiger partial charge in [-0.2, -0.15) is 0 Å². The van der Waals surface area contributed by atoms with E-state index in [0.29, 0.717) is 5.75 Å². The lowest BCUT2D eigenvalue weighted by molar-refractivity contribution is 0.492. The first-order chi connectivity index (χ1) is 6.24. The molecule has 3 heteroatoms. The van der Waals surface area contributed by atoms with Crippen molar-refractivity contribution in [2.24, 2.45) is 0 Å². The maximum atomic E-state index is 11.5. The molecular weight excluding hydrogens is 183 g/mol. The molecule has 0 spiro atoms. The topological polar surface area (TPSA) is 26.3 Å². The molecule has 0 aromatic heterocycles. The van der Waals surface area contributed by atoms with Gasteiger partial charge >= 0.3 is 8.03 Å². The van der Waals surface area contributed by atoms with Crippen molar-refractivity contribution in [2.45, 2.75) is 25.9 Å². The van der Waals surface area contributed by atoms with E-state index in [0.717, 1.165) is 6.42 Å². The monoisotopic (exact) mass is 197 g/mol. The zero-order chi connectivity index (χ0) is 9.68. The van der Waals surface area contributed by atoms with Gasteiger partial charge in [-0.25, -0.2) is 0 Å². The molecule has 0 aliphatic heterocycles. The average molecular weight is 197 g/mol. The van der Waals surface area contributed by atoms with Gasteiger partial charge in [0.05, 0.1) is 0 Å². The van der Waals surface area contributed by atoms with Crippen molar-refractivity contribution < 1.29 is 9.09 Å². The third-order valence-electron chi connectivity index (χ3n) is 1.89. The van der Waals surface area contributed by atoms with Gasteiger partial charge in [0.1, 0.15) is 0 Å². The standard InChI is InChI=1S/C10H14O2P/c1-3-9(2)13(11)12-10-7-5-4-6-8-10/h4-9H,3H2,1-2H3/q+1. The van der Waals surface area contributed by atoms with E-state index >= 15 is 0 Å². The Morgan fingerprint density at radius 1 is 1.38 bits per heavy atom. The maximum Gasteiger partial charge on any atom is 0.558 e. The van der Waals surface area contributed by atoms with Crippen LogP contribution in [0.2, 0.25) is 0 Å². The normalized spacial score (nSPS) is 13.5. The van der Waals surface area contributed by atoms with Gasteiger partial charge in [-0.05, 0) is 30.0 Å². The Morgan fingerprint density at radius 2 is 2.00 bits per heavy atom. The summed E-state index contributed by atoms with van der Waals surface area (Å²) in [6, 6.07) is 9.28. The fourth-order valence-electron chi connectivity index (χ4n) is 0.824. The minimum atomic E-state index is -1.57. The summed E-state index contributed by atoms with van der Waals surface area (Å²) in [7, 11) is -1.57. The van der Waals surface area contributed by atoms with Gasteiger partial charge in [0.2, 0.25) is 0 Å². The highest BCUT2D eigenvalue weighted by atomic mass is 31.1. The quantitative estimate of drug-likeness (QED) is 0.689. The van der Waals surface area contributed by atoms with Crippen LogP contribution in [0.4, 0.5) is 0 Å². The summed E-state index contributed by atoms with van der Waals surface area (Å²) in [4.78, 5) is 0. The van der Waals surface area contributed by atoms with Crippen LogP contribution in [-0.2, 0) is 4.57 Å². The summed E-state index contributed by atoms with van der Waals surface area (Å²) < 4.78 is 16.7.